The number of unbranched alkanes of at least 4 members (excludes halogenated alkanes) is 4. The van der Waals surface area contributed by atoms with Crippen LogP contribution in [0.4, 0.5) is 4.39 Å². The molecule has 0 bridgehead atoms. The molecule has 1 unspecified atom stereocenters. The molecule has 7 heteroatoms. The zero-order chi connectivity index (χ0) is 25.3. The molecule has 1 amide bonds. The highest BCUT2D eigenvalue weighted by atomic mass is 19.1. The van der Waals surface area contributed by atoms with Gasteiger partial charge in [0.2, 0.25) is 5.91 Å². The Hall–Kier alpha value is -2.77. The van der Waals surface area contributed by atoms with Crippen molar-refractivity contribution in [2.45, 2.75) is 64.2 Å². The zero-order valence-corrected chi connectivity index (χ0v) is 21.0. The lowest BCUT2D eigenvalue weighted by Gasteiger charge is -2.22. The van der Waals surface area contributed by atoms with Crippen LogP contribution in [0.5, 0.6) is 0 Å². The second-order valence-corrected chi connectivity index (χ2v) is 9.04. The standard InChI is InChI=1S/C28H39FN2O4/c1-31(2)20-25(19-28(33)35-21-23-13-7-6-8-14-23)30-27(32)17-9-4-3-5-12-18-34-22-24-15-10-11-16-26(24)29/h6-8,10-11,13-16,25H,3-5,9,12,17-22H2,1-2H3,(H,30,32). The fourth-order valence-electron chi connectivity index (χ4n) is 3.72. The lowest BCUT2D eigenvalue weighted by atomic mass is 10.1. The maximum absolute atomic E-state index is 13.5. The normalized spacial score (nSPS) is 11.9. The van der Waals surface area contributed by atoms with Crippen LogP contribution in [-0.4, -0.2) is 50.1 Å². The average Bonchev–Trinajstić information content (AvgIpc) is 2.83. The van der Waals surface area contributed by atoms with Crippen molar-refractivity contribution >= 4 is 11.9 Å². The largest absolute Gasteiger partial charge is 0.461 e. The van der Waals surface area contributed by atoms with Gasteiger partial charge in [0.25, 0.3) is 0 Å². The van der Waals surface area contributed by atoms with Gasteiger partial charge in [-0.15, -0.1) is 0 Å². The molecule has 192 valence electrons. The van der Waals surface area contributed by atoms with Crippen LogP contribution in [0.3, 0.4) is 0 Å². The van der Waals surface area contributed by atoms with E-state index < -0.39 is 0 Å². The van der Waals surface area contributed by atoms with Gasteiger partial charge in [-0.25, -0.2) is 4.39 Å². The number of esters is 1. The summed E-state index contributed by atoms with van der Waals surface area (Å²) in [6.07, 6.45) is 5.28. The first-order valence-electron chi connectivity index (χ1n) is 12.4. The summed E-state index contributed by atoms with van der Waals surface area (Å²) in [7, 11) is 3.82. The number of halogens is 1. The molecule has 1 atom stereocenters. The maximum atomic E-state index is 13.5. The lowest BCUT2D eigenvalue weighted by Crippen LogP contribution is -2.43. The molecule has 2 aromatic rings. The highest BCUT2D eigenvalue weighted by Crippen LogP contribution is 2.10. The first-order valence-corrected chi connectivity index (χ1v) is 12.4. The third-order valence-corrected chi connectivity index (χ3v) is 5.51. The predicted octanol–water partition coefficient (Wildman–Crippen LogP) is 4.86. The number of carbonyl (C=O) groups is 2. The number of rotatable bonds is 17. The van der Waals surface area contributed by atoms with E-state index in [0.717, 1.165) is 37.7 Å². The van der Waals surface area contributed by atoms with E-state index in [0.29, 0.717) is 31.7 Å². The highest BCUT2D eigenvalue weighted by molar-refractivity contribution is 5.77. The Balaban J connectivity index is 1.55. The number of ether oxygens (including phenoxy) is 2. The summed E-state index contributed by atoms with van der Waals surface area (Å²) in [4.78, 5) is 26.6. The van der Waals surface area contributed by atoms with Crippen molar-refractivity contribution in [3.8, 4) is 0 Å². The lowest BCUT2D eigenvalue weighted by molar-refractivity contribution is -0.145. The molecule has 0 aliphatic rings. The van der Waals surface area contributed by atoms with Gasteiger partial charge >= 0.3 is 5.97 Å². The Morgan fingerprint density at radius 2 is 1.60 bits per heavy atom. The van der Waals surface area contributed by atoms with Crippen LogP contribution in [0.1, 0.15) is 56.1 Å². The molecule has 2 aromatic carbocycles. The van der Waals surface area contributed by atoms with Crippen molar-refractivity contribution in [2.24, 2.45) is 0 Å². The molecule has 0 saturated carbocycles. The molecule has 0 fully saturated rings. The maximum Gasteiger partial charge on any atom is 0.308 e. The van der Waals surface area contributed by atoms with Gasteiger partial charge in [-0.2, -0.15) is 0 Å². The minimum atomic E-state index is -0.321. The van der Waals surface area contributed by atoms with E-state index in [-0.39, 0.29) is 36.8 Å². The summed E-state index contributed by atoms with van der Waals surface area (Å²) in [6, 6.07) is 15.9. The van der Waals surface area contributed by atoms with Crippen molar-refractivity contribution in [1.29, 1.82) is 0 Å². The fraction of sp³-hybridized carbons (Fsp3) is 0.500. The molecule has 0 radical (unpaired) electrons. The van der Waals surface area contributed by atoms with Crippen molar-refractivity contribution < 1.29 is 23.5 Å². The molecule has 0 aromatic heterocycles. The van der Waals surface area contributed by atoms with Crippen molar-refractivity contribution in [3.63, 3.8) is 0 Å². The number of benzene rings is 2. The predicted molar refractivity (Wildman–Crippen MR) is 135 cm³/mol. The second-order valence-electron chi connectivity index (χ2n) is 9.04. The van der Waals surface area contributed by atoms with Crippen LogP contribution in [0, 0.1) is 5.82 Å². The zero-order valence-electron chi connectivity index (χ0n) is 21.0. The van der Waals surface area contributed by atoms with Crippen LogP contribution in [0.15, 0.2) is 54.6 Å². The van der Waals surface area contributed by atoms with E-state index in [4.69, 9.17) is 9.47 Å². The first kappa shape index (κ1) is 28.5. The van der Waals surface area contributed by atoms with Gasteiger partial charge in [-0.3, -0.25) is 9.59 Å². The molecule has 0 heterocycles. The third-order valence-electron chi connectivity index (χ3n) is 5.51. The molecule has 0 saturated heterocycles. The number of hydrogen-bond donors (Lipinski definition) is 1. The Bertz CT molecular complexity index is 876. The SMILES string of the molecule is CN(C)CC(CC(=O)OCc1ccccc1)NC(=O)CCCCCCCOCc1ccccc1F. The van der Waals surface area contributed by atoms with Gasteiger partial charge < -0.3 is 19.7 Å². The number of carbonyl (C=O) groups excluding carboxylic acids is 2. The fourth-order valence-corrected chi connectivity index (χ4v) is 3.72. The Kier molecular flexibility index (Phi) is 13.7. The Morgan fingerprint density at radius 3 is 2.34 bits per heavy atom. The number of nitrogens with zero attached hydrogens (tertiary/aromatic N) is 1. The average molecular weight is 487 g/mol. The first-order chi connectivity index (χ1) is 16.9. The molecular weight excluding hydrogens is 447 g/mol. The van der Waals surface area contributed by atoms with Crippen LogP contribution in [-0.2, 0) is 32.3 Å². The number of hydrogen-bond acceptors (Lipinski definition) is 5. The molecular formula is C28H39FN2O4. The summed E-state index contributed by atoms with van der Waals surface area (Å²) in [5.74, 6) is -0.596. The minimum absolute atomic E-state index is 0.0408. The minimum Gasteiger partial charge on any atom is -0.461 e. The number of amides is 1. The van der Waals surface area contributed by atoms with E-state index >= 15 is 0 Å². The van der Waals surface area contributed by atoms with Crippen LogP contribution in [0.2, 0.25) is 0 Å². The summed E-state index contributed by atoms with van der Waals surface area (Å²) in [5.41, 5.74) is 1.52. The monoisotopic (exact) mass is 486 g/mol. The van der Waals surface area contributed by atoms with Gasteiger partial charge in [0.15, 0.2) is 0 Å². The van der Waals surface area contributed by atoms with Crippen LogP contribution < -0.4 is 5.32 Å². The van der Waals surface area contributed by atoms with E-state index in [1.165, 1.54) is 6.07 Å². The van der Waals surface area contributed by atoms with Gasteiger partial charge in [0.1, 0.15) is 12.4 Å². The molecule has 1 N–H and O–H groups in total. The van der Waals surface area contributed by atoms with Crippen molar-refractivity contribution in [2.75, 3.05) is 27.2 Å². The van der Waals surface area contributed by atoms with E-state index in [1.54, 1.807) is 18.2 Å². The van der Waals surface area contributed by atoms with Crippen LogP contribution >= 0.6 is 0 Å². The number of likely N-dealkylation sites (N-methyl/N-ethyl adjacent to an activating group) is 1. The van der Waals surface area contributed by atoms with E-state index in [2.05, 4.69) is 5.32 Å². The molecule has 35 heavy (non-hydrogen) atoms. The highest BCUT2D eigenvalue weighted by Gasteiger charge is 2.18. The topological polar surface area (TPSA) is 67.9 Å². The summed E-state index contributed by atoms with van der Waals surface area (Å²) in [6.45, 7) is 1.69. The van der Waals surface area contributed by atoms with E-state index in [9.17, 15) is 14.0 Å². The summed E-state index contributed by atoms with van der Waals surface area (Å²) < 4.78 is 24.5. The number of nitrogens with one attached hydrogen (secondary N) is 1. The summed E-state index contributed by atoms with van der Waals surface area (Å²) >= 11 is 0. The van der Waals surface area contributed by atoms with Gasteiger partial charge in [0.05, 0.1) is 19.1 Å². The van der Waals surface area contributed by atoms with Gasteiger partial charge in [-0.05, 0) is 38.6 Å². The van der Waals surface area contributed by atoms with Crippen LogP contribution in [0.25, 0.3) is 0 Å². The molecule has 6 nitrogen and oxygen atoms in total. The Morgan fingerprint density at radius 1 is 0.914 bits per heavy atom. The Labute approximate surface area is 208 Å². The molecule has 0 aliphatic carbocycles. The van der Waals surface area contributed by atoms with Gasteiger partial charge in [-0.1, -0.05) is 67.8 Å². The molecule has 2 rings (SSSR count). The van der Waals surface area contributed by atoms with Gasteiger partial charge in [0, 0.05) is 25.1 Å². The van der Waals surface area contributed by atoms with E-state index in [1.807, 2.05) is 49.3 Å². The van der Waals surface area contributed by atoms with Crippen molar-refractivity contribution in [3.05, 3.63) is 71.5 Å². The summed E-state index contributed by atoms with van der Waals surface area (Å²) in [5, 5.41) is 2.98. The second kappa shape index (κ2) is 16.8. The quantitative estimate of drug-likeness (QED) is 0.255. The third kappa shape index (κ3) is 13.0. The van der Waals surface area contributed by atoms with Crippen molar-refractivity contribution in [1.82, 2.24) is 10.2 Å². The smallest absolute Gasteiger partial charge is 0.308 e. The molecule has 0 spiro atoms. The molecule has 0 aliphatic heterocycles.